The Morgan fingerprint density at radius 1 is 1.08 bits per heavy atom. The minimum atomic E-state index is 0.0147. The summed E-state index contributed by atoms with van der Waals surface area (Å²) in [4.78, 5) is 16.7. The number of aromatic nitrogens is 1. The third-order valence-corrected chi connectivity index (χ3v) is 5.29. The predicted molar refractivity (Wildman–Crippen MR) is 105 cm³/mol. The molecule has 0 radical (unpaired) electrons. The number of carbonyl (C=O) groups is 1. The lowest BCUT2D eigenvalue weighted by Gasteiger charge is -2.06. The number of ether oxygens (including phenoxy) is 1. The van der Waals surface area contributed by atoms with Gasteiger partial charge in [-0.2, -0.15) is 0 Å². The highest BCUT2D eigenvalue weighted by molar-refractivity contribution is 7.14. The molecule has 1 atom stereocenters. The Morgan fingerprint density at radius 3 is 2.54 bits per heavy atom. The molecule has 0 spiro atoms. The molecule has 4 nitrogen and oxygen atoms in total. The van der Waals surface area contributed by atoms with Crippen molar-refractivity contribution >= 4 is 22.4 Å². The SMILES string of the molecule is O=C(C[C@H]1CCOC1)Nc1nc(-c2ccc(-c3ccccc3)cc2)cs1. The Morgan fingerprint density at radius 2 is 1.81 bits per heavy atom. The van der Waals surface area contributed by atoms with Crippen molar-refractivity contribution in [3.63, 3.8) is 0 Å². The topological polar surface area (TPSA) is 51.2 Å². The molecule has 1 aromatic heterocycles. The highest BCUT2D eigenvalue weighted by Gasteiger charge is 2.19. The minimum Gasteiger partial charge on any atom is -0.381 e. The first-order valence-electron chi connectivity index (χ1n) is 8.77. The summed E-state index contributed by atoms with van der Waals surface area (Å²) in [6, 6.07) is 18.6. The number of benzene rings is 2. The number of anilines is 1. The lowest BCUT2D eigenvalue weighted by molar-refractivity contribution is -0.117. The van der Waals surface area contributed by atoms with E-state index in [0.717, 1.165) is 24.3 Å². The van der Waals surface area contributed by atoms with Gasteiger partial charge in [0.1, 0.15) is 0 Å². The Kier molecular flexibility index (Phi) is 5.09. The first-order chi connectivity index (χ1) is 12.8. The van der Waals surface area contributed by atoms with Crippen LogP contribution in [0.15, 0.2) is 60.0 Å². The van der Waals surface area contributed by atoms with Crippen LogP contribution in [0.5, 0.6) is 0 Å². The number of hydrogen-bond acceptors (Lipinski definition) is 4. The van der Waals surface area contributed by atoms with Gasteiger partial charge in [0.2, 0.25) is 5.91 Å². The van der Waals surface area contributed by atoms with E-state index < -0.39 is 0 Å². The zero-order valence-corrected chi connectivity index (χ0v) is 15.2. The fourth-order valence-electron chi connectivity index (χ4n) is 3.10. The van der Waals surface area contributed by atoms with Crippen LogP contribution in [0.3, 0.4) is 0 Å². The van der Waals surface area contributed by atoms with Crippen molar-refractivity contribution in [2.24, 2.45) is 5.92 Å². The van der Waals surface area contributed by atoms with Crippen LogP contribution in [-0.2, 0) is 9.53 Å². The van der Waals surface area contributed by atoms with E-state index in [9.17, 15) is 4.79 Å². The molecule has 3 aromatic rings. The molecule has 0 unspecified atom stereocenters. The number of hydrogen-bond donors (Lipinski definition) is 1. The summed E-state index contributed by atoms with van der Waals surface area (Å²) in [6.45, 7) is 1.45. The quantitative estimate of drug-likeness (QED) is 0.705. The van der Waals surface area contributed by atoms with Crippen molar-refractivity contribution < 1.29 is 9.53 Å². The van der Waals surface area contributed by atoms with Gasteiger partial charge in [0, 0.05) is 30.6 Å². The van der Waals surface area contributed by atoms with Gasteiger partial charge in [-0.05, 0) is 23.5 Å². The molecule has 132 valence electrons. The number of nitrogens with one attached hydrogen (secondary N) is 1. The van der Waals surface area contributed by atoms with E-state index in [4.69, 9.17) is 4.74 Å². The number of amides is 1. The van der Waals surface area contributed by atoms with E-state index in [-0.39, 0.29) is 5.91 Å². The van der Waals surface area contributed by atoms with Gasteiger partial charge >= 0.3 is 0 Å². The van der Waals surface area contributed by atoms with Gasteiger partial charge in [-0.3, -0.25) is 4.79 Å². The zero-order chi connectivity index (χ0) is 17.8. The Hall–Kier alpha value is -2.50. The largest absolute Gasteiger partial charge is 0.381 e. The summed E-state index contributed by atoms with van der Waals surface area (Å²) in [7, 11) is 0. The molecule has 1 N–H and O–H groups in total. The Labute approximate surface area is 156 Å². The van der Waals surface area contributed by atoms with E-state index >= 15 is 0 Å². The standard InChI is InChI=1S/C21H20N2O2S/c24-20(12-15-10-11-25-13-15)23-21-22-19(14-26-21)18-8-6-17(7-9-18)16-4-2-1-3-5-16/h1-9,14-15H,10-13H2,(H,22,23,24)/t15-/m1/s1. The van der Waals surface area contributed by atoms with Gasteiger partial charge in [-0.15, -0.1) is 11.3 Å². The molecule has 0 aliphatic carbocycles. The molecule has 2 heterocycles. The molecule has 1 amide bonds. The fraction of sp³-hybridized carbons (Fsp3) is 0.238. The van der Waals surface area contributed by atoms with Crippen molar-refractivity contribution in [2.75, 3.05) is 18.5 Å². The molecule has 5 heteroatoms. The summed E-state index contributed by atoms with van der Waals surface area (Å²) < 4.78 is 5.32. The smallest absolute Gasteiger partial charge is 0.226 e. The summed E-state index contributed by atoms with van der Waals surface area (Å²) >= 11 is 1.46. The second kappa shape index (κ2) is 7.81. The van der Waals surface area contributed by atoms with Crippen LogP contribution in [0.25, 0.3) is 22.4 Å². The van der Waals surface area contributed by atoms with Crippen LogP contribution in [0.4, 0.5) is 5.13 Å². The molecular formula is C21H20N2O2S. The van der Waals surface area contributed by atoms with Gasteiger partial charge < -0.3 is 10.1 Å². The second-order valence-electron chi connectivity index (χ2n) is 6.46. The minimum absolute atomic E-state index is 0.0147. The Bertz CT molecular complexity index is 869. The normalized spacial score (nSPS) is 16.5. The molecule has 4 rings (SSSR count). The van der Waals surface area contributed by atoms with E-state index in [1.54, 1.807) is 0 Å². The van der Waals surface area contributed by atoms with E-state index in [1.807, 2.05) is 23.6 Å². The maximum absolute atomic E-state index is 12.1. The number of carbonyl (C=O) groups excluding carboxylic acids is 1. The molecule has 1 aliphatic rings. The van der Waals surface area contributed by atoms with E-state index in [2.05, 4.69) is 46.7 Å². The van der Waals surface area contributed by atoms with Crippen LogP contribution in [0.2, 0.25) is 0 Å². The third-order valence-electron chi connectivity index (χ3n) is 4.54. The molecule has 2 aromatic carbocycles. The van der Waals surface area contributed by atoms with Gasteiger partial charge in [-0.25, -0.2) is 4.98 Å². The zero-order valence-electron chi connectivity index (χ0n) is 14.4. The van der Waals surface area contributed by atoms with E-state index in [0.29, 0.717) is 24.1 Å². The van der Waals surface area contributed by atoms with Crippen molar-refractivity contribution in [1.29, 1.82) is 0 Å². The van der Waals surface area contributed by atoms with E-state index in [1.165, 1.54) is 22.5 Å². The fourth-order valence-corrected chi connectivity index (χ4v) is 3.84. The molecule has 0 bridgehead atoms. The molecular weight excluding hydrogens is 344 g/mol. The van der Waals surface area contributed by atoms with Crippen LogP contribution in [0.1, 0.15) is 12.8 Å². The predicted octanol–water partition coefficient (Wildman–Crippen LogP) is 4.84. The second-order valence-corrected chi connectivity index (χ2v) is 7.32. The maximum Gasteiger partial charge on any atom is 0.226 e. The van der Waals surface area contributed by atoms with Crippen LogP contribution in [-0.4, -0.2) is 24.1 Å². The van der Waals surface area contributed by atoms with Crippen LogP contribution < -0.4 is 5.32 Å². The number of nitrogens with zero attached hydrogens (tertiary/aromatic N) is 1. The number of thiazole rings is 1. The first-order valence-corrected chi connectivity index (χ1v) is 9.65. The first kappa shape index (κ1) is 16.9. The van der Waals surface area contributed by atoms with Crippen molar-refractivity contribution in [2.45, 2.75) is 12.8 Å². The van der Waals surface area contributed by atoms with Gasteiger partial charge in [0.15, 0.2) is 5.13 Å². The van der Waals surface area contributed by atoms with Gasteiger partial charge in [0.25, 0.3) is 0 Å². The van der Waals surface area contributed by atoms with Crippen molar-refractivity contribution in [1.82, 2.24) is 4.98 Å². The summed E-state index contributed by atoms with van der Waals surface area (Å²) in [6.07, 6.45) is 1.46. The molecule has 1 saturated heterocycles. The monoisotopic (exact) mass is 364 g/mol. The highest BCUT2D eigenvalue weighted by Crippen LogP contribution is 2.28. The summed E-state index contributed by atoms with van der Waals surface area (Å²) in [5.74, 6) is 0.348. The molecule has 1 fully saturated rings. The van der Waals surface area contributed by atoms with Gasteiger partial charge in [-0.1, -0.05) is 54.6 Å². The lowest BCUT2D eigenvalue weighted by atomic mass is 10.0. The Balaban J connectivity index is 1.41. The van der Waals surface area contributed by atoms with Crippen LogP contribution in [0, 0.1) is 5.92 Å². The maximum atomic E-state index is 12.1. The molecule has 26 heavy (non-hydrogen) atoms. The van der Waals surface area contributed by atoms with Gasteiger partial charge in [0.05, 0.1) is 5.69 Å². The molecule has 1 aliphatic heterocycles. The highest BCUT2D eigenvalue weighted by atomic mass is 32.1. The number of rotatable bonds is 5. The average Bonchev–Trinajstić information content (AvgIpc) is 3.35. The summed E-state index contributed by atoms with van der Waals surface area (Å²) in [5, 5.41) is 5.54. The lowest BCUT2D eigenvalue weighted by Crippen LogP contribution is -2.16. The van der Waals surface area contributed by atoms with Crippen molar-refractivity contribution in [3.05, 3.63) is 60.0 Å². The summed E-state index contributed by atoms with van der Waals surface area (Å²) in [5.41, 5.74) is 4.30. The molecule has 0 saturated carbocycles. The van der Waals surface area contributed by atoms with Crippen LogP contribution >= 0.6 is 11.3 Å². The van der Waals surface area contributed by atoms with Crippen molar-refractivity contribution in [3.8, 4) is 22.4 Å². The average molecular weight is 364 g/mol. The third kappa shape index (κ3) is 4.00.